The van der Waals surface area contributed by atoms with Gasteiger partial charge in [-0.2, -0.15) is 0 Å². The number of aromatic amines is 1. The molecule has 2 amide bonds. The van der Waals surface area contributed by atoms with E-state index in [1.54, 1.807) is 0 Å². The van der Waals surface area contributed by atoms with Crippen LogP contribution in [-0.4, -0.2) is 27.5 Å². The van der Waals surface area contributed by atoms with Gasteiger partial charge in [-0.3, -0.25) is 20.4 Å². The van der Waals surface area contributed by atoms with Gasteiger partial charge in [0, 0.05) is 23.5 Å². The van der Waals surface area contributed by atoms with Crippen molar-refractivity contribution in [3.63, 3.8) is 0 Å². The number of rotatable bonds is 4. The van der Waals surface area contributed by atoms with Crippen LogP contribution in [-0.2, 0) is 16.0 Å². The van der Waals surface area contributed by atoms with Crippen molar-refractivity contribution in [1.82, 2.24) is 15.8 Å². The standard InChI is InChI=1S/C22H27N3O3/c26-19(6-16-12-23-18-4-2-1-3-17(16)18)24-25-20(27)11-21-7-14-5-15(8-21)10-22(28,9-14)13-21/h1-4,12,14-15,23,28H,5-11,13H2,(H,24,26)(H,25,27). The summed E-state index contributed by atoms with van der Waals surface area (Å²) < 4.78 is 0. The van der Waals surface area contributed by atoms with Crippen LogP contribution in [0.25, 0.3) is 10.9 Å². The fourth-order valence-corrected chi connectivity index (χ4v) is 6.63. The van der Waals surface area contributed by atoms with E-state index in [9.17, 15) is 14.7 Å². The van der Waals surface area contributed by atoms with Crippen LogP contribution in [0.2, 0.25) is 0 Å². The second kappa shape index (κ2) is 6.34. The number of amides is 2. The second-order valence-corrected chi connectivity index (χ2v) is 9.49. The summed E-state index contributed by atoms with van der Waals surface area (Å²) in [6, 6.07) is 7.84. The van der Waals surface area contributed by atoms with E-state index in [1.807, 2.05) is 30.5 Å². The van der Waals surface area contributed by atoms with Crippen molar-refractivity contribution >= 4 is 22.7 Å². The Morgan fingerprint density at radius 3 is 2.54 bits per heavy atom. The van der Waals surface area contributed by atoms with Gasteiger partial charge >= 0.3 is 0 Å². The fraction of sp³-hybridized carbons (Fsp3) is 0.545. The molecule has 6 heteroatoms. The van der Waals surface area contributed by atoms with Gasteiger partial charge in [0.25, 0.3) is 0 Å². The zero-order chi connectivity index (χ0) is 19.4. The summed E-state index contributed by atoms with van der Waals surface area (Å²) in [5, 5.41) is 11.8. The lowest BCUT2D eigenvalue weighted by Gasteiger charge is -2.60. The fourth-order valence-electron chi connectivity index (χ4n) is 6.63. The molecule has 6 rings (SSSR count). The molecule has 2 unspecified atom stereocenters. The topological polar surface area (TPSA) is 94.2 Å². The molecule has 2 atom stereocenters. The molecule has 4 N–H and O–H groups in total. The van der Waals surface area contributed by atoms with Gasteiger partial charge in [-0.1, -0.05) is 18.2 Å². The number of fused-ring (bicyclic) bond motifs is 1. The van der Waals surface area contributed by atoms with Gasteiger partial charge in [0.1, 0.15) is 0 Å². The summed E-state index contributed by atoms with van der Waals surface area (Å²) in [6.45, 7) is 0. The smallest absolute Gasteiger partial charge is 0.242 e. The molecule has 4 aliphatic carbocycles. The van der Waals surface area contributed by atoms with Crippen molar-refractivity contribution in [2.75, 3.05) is 0 Å². The Morgan fingerprint density at radius 2 is 1.79 bits per heavy atom. The minimum atomic E-state index is -0.567. The highest BCUT2D eigenvalue weighted by molar-refractivity contribution is 5.89. The molecular formula is C22H27N3O3. The second-order valence-electron chi connectivity index (χ2n) is 9.49. The molecule has 4 fully saturated rings. The van der Waals surface area contributed by atoms with Gasteiger partial charge < -0.3 is 10.1 Å². The van der Waals surface area contributed by atoms with Gasteiger partial charge in [0.2, 0.25) is 11.8 Å². The van der Waals surface area contributed by atoms with E-state index in [4.69, 9.17) is 0 Å². The number of benzene rings is 1. The summed E-state index contributed by atoms with van der Waals surface area (Å²) in [7, 11) is 0. The molecule has 0 spiro atoms. The number of hydrogen-bond donors (Lipinski definition) is 4. The maximum Gasteiger partial charge on any atom is 0.242 e. The van der Waals surface area contributed by atoms with E-state index in [2.05, 4.69) is 15.8 Å². The van der Waals surface area contributed by atoms with E-state index in [0.717, 1.165) is 48.6 Å². The Morgan fingerprint density at radius 1 is 1.07 bits per heavy atom. The summed E-state index contributed by atoms with van der Waals surface area (Å²) in [6.07, 6.45) is 8.21. The number of nitrogens with one attached hydrogen (secondary N) is 3. The summed E-state index contributed by atoms with van der Waals surface area (Å²) >= 11 is 0. The Hall–Kier alpha value is -2.34. The average Bonchev–Trinajstić information content (AvgIpc) is 3.00. The number of H-pyrrole nitrogens is 1. The van der Waals surface area contributed by atoms with Crippen molar-refractivity contribution in [2.24, 2.45) is 17.3 Å². The molecule has 1 aromatic carbocycles. The number of aromatic nitrogens is 1. The maximum atomic E-state index is 12.5. The monoisotopic (exact) mass is 381 g/mol. The molecule has 4 saturated carbocycles. The molecule has 4 bridgehead atoms. The van der Waals surface area contributed by atoms with Crippen molar-refractivity contribution in [3.05, 3.63) is 36.0 Å². The van der Waals surface area contributed by atoms with Crippen molar-refractivity contribution < 1.29 is 14.7 Å². The Labute approximate surface area is 164 Å². The quantitative estimate of drug-likeness (QED) is 0.613. The molecule has 1 heterocycles. The molecule has 148 valence electrons. The Kier molecular flexibility index (Phi) is 4.02. The third kappa shape index (κ3) is 3.20. The largest absolute Gasteiger partial charge is 0.390 e. The van der Waals surface area contributed by atoms with E-state index < -0.39 is 5.60 Å². The predicted molar refractivity (Wildman–Crippen MR) is 105 cm³/mol. The van der Waals surface area contributed by atoms with Crippen LogP contribution in [0.1, 0.15) is 50.5 Å². The van der Waals surface area contributed by atoms with Crippen molar-refractivity contribution in [2.45, 2.75) is 57.0 Å². The number of carbonyl (C=O) groups is 2. The summed E-state index contributed by atoms with van der Waals surface area (Å²) in [5.74, 6) is 0.714. The van der Waals surface area contributed by atoms with Gasteiger partial charge in [0.15, 0.2) is 0 Å². The van der Waals surface area contributed by atoms with E-state index in [1.165, 1.54) is 6.42 Å². The Bertz CT molecular complexity index is 920. The SMILES string of the molecule is O=C(Cc1c[nH]c2ccccc12)NNC(=O)CC12CC3CC(CC(O)(C3)C1)C2. The molecule has 6 nitrogen and oxygen atoms in total. The van der Waals surface area contributed by atoms with Crippen molar-refractivity contribution in [3.8, 4) is 0 Å². The first kappa shape index (κ1) is 17.7. The number of hydrazine groups is 1. The van der Waals surface area contributed by atoms with Gasteiger partial charge in [-0.05, 0) is 67.4 Å². The van der Waals surface area contributed by atoms with Crippen LogP contribution < -0.4 is 10.9 Å². The first-order valence-electron chi connectivity index (χ1n) is 10.3. The van der Waals surface area contributed by atoms with Crippen LogP contribution in [0.15, 0.2) is 30.5 Å². The van der Waals surface area contributed by atoms with Crippen LogP contribution in [0, 0.1) is 17.3 Å². The minimum absolute atomic E-state index is 0.0928. The van der Waals surface area contributed by atoms with Crippen LogP contribution in [0.4, 0.5) is 0 Å². The predicted octanol–water partition coefficient (Wildman–Crippen LogP) is 2.58. The van der Waals surface area contributed by atoms with E-state index in [0.29, 0.717) is 18.3 Å². The average molecular weight is 381 g/mol. The maximum absolute atomic E-state index is 12.5. The van der Waals surface area contributed by atoms with Crippen LogP contribution in [0.5, 0.6) is 0 Å². The zero-order valence-electron chi connectivity index (χ0n) is 16.0. The lowest BCUT2D eigenvalue weighted by atomic mass is 9.47. The lowest BCUT2D eigenvalue weighted by molar-refractivity contribution is -0.169. The van der Waals surface area contributed by atoms with E-state index >= 15 is 0 Å². The number of carbonyl (C=O) groups excluding carboxylic acids is 2. The summed E-state index contributed by atoms with van der Waals surface area (Å²) in [5.41, 5.74) is 6.41. The first-order chi connectivity index (χ1) is 13.4. The lowest BCUT2D eigenvalue weighted by Crippen LogP contribution is -2.57. The molecule has 0 aliphatic heterocycles. The number of para-hydroxylation sites is 1. The molecule has 4 aliphatic rings. The minimum Gasteiger partial charge on any atom is -0.390 e. The first-order valence-corrected chi connectivity index (χ1v) is 10.3. The molecular weight excluding hydrogens is 354 g/mol. The Balaban J connectivity index is 1.17. The van der Waals surface area contributed by atoms with Gasteiger partial charge in [0.05, 0.1) is 12.0 Å². The molecule has 1 aromatic heterocycles. The number of aliphatic hydroxyl groups is 1. The highest BCUT2D eigenvalue weighted by atomic mass is 16.3. The highest BCUT2D eigenvalue weighted by Crippen LogP contribution is 2.62. The number of hydrogen-bond acceptors (Lipinski definition) is 3. The molecule has 0 saturated heterocycles. The van der Waals surface area contributed by atoms with Crippen molar-refractivity contribution in [1.29, 1.82) is 0 Å². The zero-order valence-corrected chi connectivity index (χ0v) is 16.0. The third-order valence-corrected chi connectivity index (χ3v) is 7.05. The molecule has 0 radical (unpaired) electrons. The highest BCUT2D eigenvalue weighted by Gasteiger charge is 2.57. The van der Waals surface area contributed by atoms with E-state index in [-0.39, 0.29) is 23.7 Å². The van der Waals surface area contributed by atoms with Crippen LogP contribution in [0.3, 0.4) is 0 Å². The third-order valence-electron chi connectivity index (χ3n) is 7.05. The molecule has 28 heavy (non-hydrogen) atoms. The van der Waals surface area contributed by atoms with Crippen LogP contribution >= 0.6 is 0 Å². The van der Waals surface area contributed by atoms with Gasteiger partial charge in [-0.15, -0.1) is 0 Å². The normalized spacial score (nSPS) is 33.2. The van der Waals surface area contributed by atoms with Gasteiger partial charge in [-0.25, -0.2) is 0 Å². The molecule has 2 aromatic rings. The summed E-state index contributed by atoms with van der Waals surface area (Å²) in [4.78, 5) is 28.0.